The second-order valence-corrected chi connectivity index (χ2v) is 8.96. The molecule has 0 saturated heterocycles. The van der Waals surface area contributed by atoms with E-state index in [-0.39, 0.29) is 28.9 Å². The van der Waals surface area contributed by atoms with Crippen LogP contribution in [0.4, 0.5) is 0 Å². The van der Waals surface area contributed by atoms with Crippen LogP contribution in [0, 0.1) is 0 Å². The number of halogens is 1. The summed E-state index contributed by atoms with van der Waals surface area (Å²) in [6.45, 7) is 4.67. The van der Waals surface area contributed by atoms with E-state index in [4.69, 9.17) is 5.14 Å². The van der Waals surface area contributed by atoms with Gasteiger partial charge in [0.25, 0.3) is 0 Å². The van der Waals surface area contributed by atoms with Gasteiger partial charge in [-0.05, 0) is 50.1 Å². The summed E-state index contributed by atoms with van der Waals surface area (Å²) in [5, 5.41) is 11.8. The van der Waals surface area contributed by atoms with Gasteiger partial charge in [-0.2, -0.15) is 0 Å². The molecule has 0 aliphatic carbocycles. The van der Waals surface area contributed by atoms with Gasteiger partial charge in [-0.1, -0.05) is 42.5 Å². The van der Waals surface area contributed by atoms with Crippen LogP contribution in [0.25, 0.3) is 0 Å². The van der Waals surface area contributed by atoms with E-state index in [0.717, 1.165) is 37.5 Å². The Hall–Kier alpha value is -1.69. The van der Waals surface area contributed by atoms with Crippen LogP contribution in [0.5, 0.6) is 0 Å². The van der Waals surface area contributed by atoms with E-state index in [1.807, 2.05) is 6.07 Å². The van der Waals surface area contributed by atoms with Crippen LogP contribution in [0.3, 0.4) is 0 Å². The molecule has 0 fully saturated rings. The van der Waals surface area contributed by atoms with Gasteiger partial charge in [0.1, 0.15) is 0 Å². The molecule has 0 aromatic heterocycles. The van der Waals surface area contributed by atoms with Gasteiger partial charge in [0.2, 0.25) is 10.0 Å². The van der Waals surface area contributed by atoms with Crippen molar-refractivity contribution in [3.05, 3.63) is 65.7 Å². The first-order valence-electron chi connectivity index (χ1n) is 10.1. The zero-order chi connectivity index (χ0) is 22.0. The topological polar surface area (TPSA) is 99.8 Å². The van der Waals surface area contributed by atoms with E-state index in [9.17, 15) is 8.42 Å². The quantitative estimate of drug-likeness (QED) is 0.236. The molecule has 1 unspecified atom stereocenters. The fourth-order valence-corrected chi connectivity index (χ4v) is 3.55. The van der Waals surface area contributed by atoms with Crippen molar-refractivity contribution >= 4 is 40.0 Å². The third kappa shape index (κ3) is 9.98. The van der Waals surface area contributed by atoms with Crippen LogP contribution in [-0.2, 0) is 23.0 Å². The van der Waals surface area contributed by atoms with Crippen molar-refractivity contribution in [3.63, 3.8) is 0 Å². The lowest BCUT2D eigenvalue weighted by molar-refractivity contribution is 0.238. The first kappa shape index (κ1) is 27.3. The van der Waals surface area contributed by atoms with Gasteiger partial charge < -0.3 is 10.6 Å². The number of benzene rings is 2. The molecule has 0 heterocycles. The first-order valence-corrected chi connectivity index (χ1v) is 11.6. The zero-order valence-corrected chi connectivity index (χ0v) is 21.6. The van der Waals surface area contributed by atoms with Crippen molar-refractivity contribution in [2.45, 2.75) is 37.2 Å². The lowest BCUT2D eigenvalue weighted by Crippen LogP contribution is -2.40. The average Bonchev–Trinajstić information content (AvgIpc) is 2.73. The predicted octanol–water partition coefficient (Wildman–Crippen LogP) is 2.57. The molecule has 31 heavy (non-hydrogen) atoms. The van der Waals surface area contributed by atoms with E-state index in [1.165, 1.54) is 17.7 Å². The highest BCUT2D eigenvalue weighted by molar-refractivity contribution is 14.0. The summed E-state index contributed by atoms with van der Waals surface area (Å²) in [5.41, 5.74) is 2.34. The van der Waals surface area contributed by atoms with Crippen molar-refractivity contribution < 1.29 is 8.42 Å². The summed E-state index contributed by atoms with van der Waals surface area (Å²) >= 11 is 0. The molecule has 172 valence electrons. The lowest BCUT2D eigenvalue weighted by Gasteiger charge is -2.25. The van der Waals surface area contributed by atoms with E-state index >= 15 is 0 Å². The number of hydrogen-bond acceptors (Lipinski definition) is 4. The van der Waals surface area contributed by atoms with Gasteiger partial charge in [-0.25, -0.2) is 13.6 Å². The molecule has 2 aromatic rings. The van der Waals surface area contributed by atoms with Gasteiger partial charge in [0.15, 0.2) is 5.96 Å². The third-order valence-corrected chi connectivity index (χ3v) is 5.99. The minimum Gasteiger partial charge on any atom is -0.356 e. The molecule has 1 atom stereocenters. The molecule has 4 N–H and O–H groups in total. The van der Waals surface area contributed by atoms with Crippen LogP contribution < -0.4 is 15.8 Å². The van der Waals surface area contributed by atoms with Crippen LogP contribution in [0.1, 0.15) is 24.5 Å². The molecular weight excluding hydrogens is 525 g/mol. The van der Waals surface area contributed by atoms with E-state index in [2.05, 4.69) is 58.8 Å². The van der Waals surface area contributed by atoms with Crippen LogP contribution >= 0.6 is 24.0 Å². The Bertz CT molecular complexity index is 905. The summed E-state index contributed by atoms with van der Waals surface area (Å²) in [6, 6.07) is 17.5. The van der Waals surface area contributed by atoms with E-state index < -0.39 is 10.0 Å². The molecule has 0 aliphatic heterocycles. The largest absolute Gasteiger partial charge is 0.356 e. The highest BCUT2D eigenvalue weighted by atomic mass is 127. The molecular formula is C22H34IN5O2S. The Morgan fingerprint density at radius 3 is 2.23 bits per heavy atom. The lowest BCUT2D eigenvalue weighted by atomic mass is 10.1. The van der Waals surface area contributed by atoms with Crippen molar-refractivity contribution in [2.75, 3.05) is 27.2 Å². The number of nitrogens with zero attached hydrogens (tertiary/aromatic N) is 2. The Morgan fingerprint density at radius 1 is 1.03 bits per heavy atom. The average molecular weight is 560 g/mol. The SMILES string of the molecule is CN=C(NCCc1ccc(S(N)(=O)=O)cc1)NCCC(C)N(C)Cc1ccccc1.I. The molecule has 0 radical (unpaired) electrons. The summed E-state index contributed by atoms with van der Waals surface area (Å²) in [6.07, 6.45) is 1.75. The van der Waals surface area contributed by atoms with Gasteiger partial charge in [-0.15, -0.1) is 24.0 Å². The molecule has 2 aromatic carbocycles. The van der Waals surface area contributed by atoms with E-state index in [1.54, 1.807) is 19.2 Å². The van der Waals surface area contributed by atoms with Crippen LogP contribution in [-0.4, -0.2) is 52.5 Å². The monoisotopic (exact) mass is 559 g/mol. The molecule has 2 rings (SSSR count). The highest BCUT2D eigenvalue weighted by Gasteiger charge is 2.10. The number of sulfonamides is 1. The van der Waals surface area contributed by atoms with Gasteiger partial charge >= 0.3 is 0 Å². The Morgan fingerprint density at radius 2 is 1.65 bits per heavy atom. The minimum absolute atomic E-state index is 0. The van der Waals surface area contributed by atoms with Crippen molar-refractivity contribution in [2.24, 2.45) is 10.1 Å². The van der Waals surface area contributed by atoms with E-state index in [0.29, 0.717) is 12.6 Å². The van der Waals surface area contributed by atoms with Crippen LogP contribution in [0.2, 0.25) is 0 Å². The number of nitrogens with two attached hydrogens (primary N) is 1. The number of nitrogens with one attached hydrogen (secondary N) is 2. The molecule has 0 spiro atoms. The minimum atomic E-state index is -3.65. The first-order chi connectivity index (χ1) is 14.3. The second-order valence-electron chi connectivity index (χ2n) is 7.40. The maximum Gasteiger partial charge on any atom is 0.238 e. The number of guanidine groups is 1. The normalized spacial score (nSPS) is 12.9. The number of rotatable bonds is 10. The van der Waals surface area contributed by atoms with Crippen molar-refractivity contribution in [3.8, 4) is 0 Å². The summed E-state index contributed by atoms with van der Waals surface area (Å²) < 4.78 is 22.6. The Labute approximate surface area is 203 Å². The molecule has 0 bridgehead atoms. The second kappa shape index (κ2) is 13.7. The Kier molecular flexibility index (Phi) is 12.1. The summed E-state index contributed by atoms with van der Waals surface area (Å²) in [4.78, 5) is 6.73. The highest BCUT2D eigenvalue weighted by Crippen LogP contribution is 2.09. The summed E-state index contributed by atoms with van der Waals surface area (Å²) in [5.74, 6) is 0.758. The van der Waals surface area contributed by atoms with Gasteiger partial charge in [0, 0.05) is 32.7 Å². The van der Waals surface area contributed by atoms with Gasteiger partial charge in [-0.3, -0.25) is 9.89 Å². The number of hydrogen-bond donors (Lipinski definition) is 3. The number of aliphatic imine (C=N–C) groups is 1. The maximum absolute atomic E-state index is 11.3. The molecule has 0 amide bonds. The summed E-state index contributed by atoms with van der Waals surface area (Å²) in [7, 11) is 0.249. The van der Waals surface area contributed by atoms with Crippen molar-refractivity contribution in [1.82, 2.24) is 15.5 Å². The number of primary sulfonamides is 1. The maximum atomic E-state index is 11.3. The molecule has 7 nitrogen and oxygen atoms in total. The standard InChI is InChI=1S/C22H33N5O2S.HI/c1-18(27(3)17-20-7-5-4-6-8-20)13-15-25-22(24-2)26-16-14-19-9-11-21(12-10-19)30(23,28)29;/h4-12,18H,13-17H2,1-3H3,(H2,23,28,29)(H2,24,25,26);1H. The molecule has 0 aliphatic rings. The van der Waals surface area contributed by atoms with Gasteiger partial charge in [0.05, 0.1) is 4.90 Å². The predicted molar refractivity (Wildman–Crippen MR) is 138 cm³/mol. The Balaban J connectivity index is 0.00000480. The third-order valence-electron chi connectivity index (χ3n) is 5.06. The van der Waals surface area contributed by atoms with Crippen molar-refractivity contribution in [1.29, 1.82) is 0 Å². The smallest absolute Gasteiger partial charge is 0.238 e. The molecule has 0 saturated carbocycles. The fourth-order valence-electron chi connectivity index (χ4n) is 3.04. The van der Waals surface area contributed by atoms with Crippen LogP contribution in [0.15, 0.2) is 64.5 Å². The fraction of sp³-hybridized carbons (Fsp3) is 0.409. The molecule has 9 heteroatoms. The zero-order valence-electron chi connectivity index (χ0n) is 18.4.